The lowest BCUT2D eigenvalue weighted by Gasteiger charge is -2.23. The number of aliphatic carboxylic acids is 1. The number of rotatable bonds is 3. The topological polar surface area (TPSA) is 88.5 Å². The third-order valence-corrected chi connectivity index (χ3v) is 5.12. The molecule has 2 aliphatic heterocycles. The molecule has 6 nitrogen and oxygen atoms in total. The normalized spacial score (nSPS) is 30.5. The molecule has 1 aromatic rings. The highest BCUT2D eigenvalue weighted by Crippen LogP contribution is 2.44. The van der Waals surface area contributed by atoms with Crippen LogP contribution >= 0.6 is 11.3 Å². The second-order valence-electron chi connectivity index (χ2n) is 6.96. The summed E-state index contributed by atoms with van der Waals surface area (Å²) in [4.78, 5) is 28.3. The molecule has 22 heavy (non-hydrogen) atoms. The number of carbonyl (C=O) groups excluding carboxylic acids is 1. The van der Waals surface area contributed by atoms with Crippen molar-refractivity contribution in [2.45, 2.75) is 51.2 Å². The number of carboxylic acids is 1. The largest absolute Gasteiger partial charge is 0.481 e. The Kier molecular flexibility index (Phi) is 3.72. The quantitative estimate of drug-likeness (QED) is 0.890. The van der Waals surface area contributed by atoms with Gasteiger partial charge in [0.15, 0.2) is 5.13 Å². The van der Waals surface area contributed by atoms with E-state index >= 15 is 0 Å². The van der Waals surface area contributed by atoms with Gasteiger partial charge in [-0.05, 0) is 12.8 Å². The standard InChI is InChI=1S/C15H20N2O4S/c1-15(2,3)9-6-22-14(16-9)17-12(18)10-7-4-5-8(21-7)11(10)13(19)20/h6-8,10-11H,4-5H2,1-3H3,(H,19,20)(H,16,17,18)/t7-,8+,10-,11-/m0/s1. The fourth-order valence-electron chi connectivity index (χ4n) is 3.19. The summed E-state index contributed by atoms with van der Waals surface area (Å²) < 4.78 is 5.62. The maximum absolute atomic E-state index is 12.5. The molecule has 1 amide bonds. The van der Waals surface area contributed by atoms with Crippen LogP contribution in [0.4, 0.5) is 5.13 Å². The fraction of sp³-hybridized carbons (Fsp3) is 0.667. The predicted molar refractivity (Wildman–Crippen MR) is 82.0 cm³/mol. The number of ether oxygens (including phenoxy) is 1. The van der Waals surface area contributed by atoms with Gasteiger partial charge in [-0.3, -0.25) is 9.59 Å². The van der Waals surface area contributed by atoms with Crippen LogP contribution in [0.3, 0.4) is 0 Å². The highest BCUT2D eigenvalue weighted by molar-refractivity contribution is 7.13. The van der Waals surface area contributed by atoms with Crippen molar-refractivity contribution in [1.82, 2.24) is 4.98 Å². The summed E-state index contributed by atoms with van der Waals surface area (Å²) in [5.74, 6) is -2.63. The molecule has 2 N–H and O–H groups in total. The van der Waals surface area contributed by atoms with Crippen LogP contribution in [-0.2, 0) is 19.7 Å². The molecular weight excluding hydrogens is 304 g/mol. The minimum atomic E-state index is -0.957. The summed E-state index contributed by atoms with van der Waals surface area (Å²) in [5.41, 5.74) is 0.824. The smallest absolute Gasteiger partial charge is 0.310 e. The summed E-state index contributed by atoms with van der Waals surface area (Å²) >= 11 is 1.36. The highest BCUT2D eigenvalue weighted by Gasteiger charge is 2.55. The minimum Gasteiger partial charge on any atom is -0.481 e. The number of carboxylic acid groups (broad SMARTS) is 1. The van der Waals surface area contributed by atoms with Crippen LogP contribution in [0.1, 0.15) is 39.3 Å². The van der Waals surface area contributed by atoms with E-state index in [4.69, 9.17) is 4.74 Å². The van der Waals surface area contributed by atoms with Gasteiger partial charge in [-0.2, -0.15) is 0 Å². The van der Waals surface area contributed by atoms with Gasteiger partial charge < -0.3 is 15.2 Å². The Morgan fingerprint density at radius 3 is 2.50 bits per heavy atom. The molecule has 0 radical (unpaired) electrons. The van der Waals surface area contributed by atoms with Crippen molar-refractivity contribution in [2.24, 2.45) is 11.8 Å². The first kappa shape index (κ1) is 15.4. The number of amides is 1. The van der Waals surface area contributed by atoms with E-state index in [-0.39, 0.29) is 23.5 Å². The SMILES string of the molecule is CC(C)(C)c1csc(NC(=O)[C@@H]2[C@@H](C(=O)O)[C@H]3CC[C@@H]2O3)n1. The predicted octanol–water partition coefficient (Wildman–Crippen LogP) is 2.26. The van der Waals surface area contributed by atoms with E-state index in [0.717, 1.165) is 18.5 Å². The van der Waals surface area contributed by atoms with Crippen LogP contribution in [-0.4, -0.2) is 34.2 Å². The summed E-state index contributed by atoms with van der Waals surface area (Å²) in [7, 11) is 0. The molecule has 3 heterocycles. The molecule has 4 atom stereocenters. The molecule has 2 fully saturated rings. The number of carbonyl (C=O) groups is 2. The molecule has 3 rings (SSSR count). The maximum atomic E-state index is 12.5. The average Bonchev–Trinajstić information content (AvgIpc) is 3.11. The zero-order valence-electron chi connectivity index (χ0n) is 12.8. The Labute approximate surface area is 132 Å². The number of thiazole rings is 1. The number of hydrogen-bond donors (Lipinski definition) is 2. The fourth-order valence-corrected chi connectivity index (χ4v) is 4.13. The van der Waals surface area contributed by atoms with Crippen molar-refractivity contribution >= 4 is 28.3 Å². The van der Waals surface area contributed by atoms with E-state index in [2.05, 4.69) is 31.1 Å². The summed E-state index contributed by atoms with van der Waals surface area (Å²) in [5, 5.41) is 14.6. The Morgan fingerprint density at radius 1 is 1.32 bits per heavy atom. The highest BCUT2D eigenvalue weighted by atomic mass is 32.1. The first-order valence-electron chi connectivity index (χ1n) is 7.42. The van der Waals surface area contributed by atoms with Crippen LogP contribution in [0.5, 0.6) is 0 Å². The molecule has 120 valence electrons. The molecular formula is C15H20N2O4S. The van der Waals surface area contributed by atoms with Gasteiger partial charge in [0.25, 0.3) is 0 Å². The van der Waals surface area contributed by atoms with Gasteiger partial charge >= 0.3 is 5.97 Å². The van der Waals surface area contributed by atoms with E-state index in [0.29, 0.717) is 5.13 Å². The van der Waals surface area contributed by atoms with E-state index < -0.39 is 17.8 Å². The van der Waals surface area contributed by atoms with Gasteiger partial charge in [-0.25, -0.2) is 4.98 Å². The number of fused-ring (bicyclic) bond motifs is 2. The molecule has 0 aromatic carbocycles. The molecule has 0 aliphatic carbocycles. The Morgan fingerprint density at radius 2 is 1.95 bits per heavy atom. The Balaban J connectivity index is 1.74. The van der Waals surface area contributed by atoms with Crippen molar-refractivity contribution < 1.29 is 19.4 Å². The van der Waals surface area contributed by atoms with Crippen LogP contribution in [0.15, 0.2) is 5.38 Å². The molecule has 0 spiro atoms. The zero-order chi connectivity index (χ0) is 16.1. The lowest BCUT2D eigenvalue weighted by molar-refractivity contribution is -0.147. The Bertz CT molecular complexity index is 607. The van der Waals surface area contributed by atoms with E-state index in [1.165, 1.54) is 11.3 Å². The first-order valence-corrected chi connectivity index (χ1v) is 8.30. The first-order chi connectivity index (χ1) is 10.3. The van der Waals surface area contributed by atoms with Crippen molar-refractivity contribution in [3.63, 3.8) is 0 Å². The molecule has 1 aromatic heterocycles. The van der Waals surface area contributed by atoms with Crippen molar-refractivity contribution in [3.05, 3.63) is 11.1 Å². The minimum absolute atomic E-state index is 0.0847. The van der Waals surface area contributed by atoms with Crippen molar-refractivity contribution in [3.8, 4) is 0 Å². The second kappa shape index (κ2) is 5.31. The molecule has 0 unspecified atom stereocenters. The molecule has 7 heteroatoms. The average molecular weight is 324 g/mol. The van der Waals surface area contributed by atoms with Crippen LogP contribution in [0, 0.1) is 11.8 Å². The van der Waals surface area contributed by atoms with Gasteiger partial charge in [-0.1, -0.05) is 20.8 Å². The van der Waals surface area contributed by atoms with Crippen molar-refractivity contribution in [2.75, 3.05) is 5.32 Å². The number of nitrogens with zero attached hydrogens (tertiary/aromatic N) is 1. The monoisotopic (exact) mass is 324 g/mol. The van der Waals surface area contributed by atoms with Crippen LogP contribution in [0.2, 0.25) is 0 Å². The number of hydrogen-bond acceptors (Lipinski definition) is 5. The van der Waals surface area contributed by atoms with Crippen molar-refractivity contribution in [1.29, 1.82) is 0 Å². The molecule has 2 bridgehead atoms. The number of nitrogens with one attached hydrogen (secondary N) is 1. The van der Waals surface area contributed by atoms with Crippen LogP contribution in [0.25, 0.3) is 0 Å². The van der Waals surface area contributed by atoms with E-state index in [1.807, 2.05) is 5.38 Å². The Hall–Kier alpha value is -1.47. The van der Waals surface area contributed by atoms with E-state index in [9.17, 15) is 14.7 Å². The summed E-state index contributed by atoms with van der Waals surface area (Å²) in [6.45, 7) is 6.16. The van der Waals surface area contributed by atoms with Gasteiger partial charge in [0.1, 0.15) is 0 Å². The summed E-state index contributed by atoms with van der Waals surface area (Å²) in [6.07, 6.45) is 0.849. The zero-order valence-corrected chi connectivity index (χ0v) is 13.6. The lowest BCUT2D eigenvalue weighted by atomic mass is 9.79. The number of aromatic nitrogens is 1. The second-order valence-corrected chi connectivity index (χ2v) is 7.82. The molecule has 0 saturated carbocycles. The molecule has 2 aliphatic rings. The van der Waals surface area contributed by atoms with Gasteiger partial charge in [0.2, 0.25) is 5.91 Å². The maximum Gasteiger partial charge on any atom is 0.310 e. The van der Waals surface area contributed by atoms with Crippen LogP contribution < -0.4 is 5.32 Å². The van der Waals surface area contributed by atoms with E-state index in [1.54, 1.807) is 0 Å². The molecule has 2 saturated heterocycles. The van der Waals surface area contributed by atoms with Gasteiger partial charge in [0, 0.05) is 10.8 Å². The third-order valence-electron chi connectivity index (χ3n) is 4.36. The van der Waals surface area contributed by atoms with Gasteiger partial charge in [-0.15, -0.1) is 11.3 Å². The third kappa shape index (κ3) is 2.63. The van der Waals surface area contributed by atoms with Gasteiger partial charge in [0.05, 0.1) is 29.7 Å². The summed E-state index contributed by atoms with van der Waals surface area (Å²) in [6, 6.07) is 0. The number of anilines is 1. The lowest BCUT2D eigenvalue weighted by Crippen LogP contribution is -2.40.